The summed E-state index contributed by atoms with van der Waals surface area (Å²) in [6.07, 6.45) is 5.15. The molecule has 4 bridgehead atoms. The average molecular weight is 400 g/mol. The summed E-state index contributed by atoms with van der Waals surface area (Å²) >= 11 is 0. The molecule has 2 aliphatic heterocycles. The topological polar surface area (TPSA) is 51.2 Å². The van der Waals surface area contributed by atoms with E-state index in [0.29, 0.717) is 6.04 Å². The molecule has 4 aliphatic carbocycles. The van der Waals surface area contributed by atoms with E-state index in [1.807, 2.05) is 21.0 Å². The Bertz CT molecular complexity index is 894. The molecular weight excluding hydrogens is 366 g/mol. The largest absolute Gasteiger partial charge is 0.493 e. The molecule has 4 fully saturated rings. The van der Waals surface area contributed by atoms with Gasteiger partial charge >= 0.3 is 0 Å². The fourth-order valence-electron chi connectivity index (χ4n) is 8.66. The van der Waals surface area contributed by atoms with E-state index in [2.05, 4.69) is 24.1 Å². The van der Waals surface area contributed by atoms with Gasteiger partial charge < -0.3 is 24.2 Å². The van der Waals surface area contributed by atoms with Crippen LogP contribution in [0.4, 0.5) is 0 Å². The van der Waals surface area contributed by atoms with Gasteiger partial charge in [0.25, 0.3) is 0 Å². The zero-order chi connectivity index (χ0) is 20.4. The third-order valence-electron chi connectivity index (χ3n) is 9.68. The molecule has 1 N–H and O–H groups in total. The Labute approximate surface area is 173 Å². The smallest absolute Gasteiger partial charge is 0.165 e. The summed E-state index contributed by atoms with van der Waals surface area (Å²) in [5, 5.41) is 11.3. The fraction of sp³-hybridized carbons (Fsp3) is 0.750. The van der Waals surface area contributed by atoms with Crippen LogP contribution >= 0.6 is 0 Å². The van der Waals surface area contributed by atoms with Crippen LogP contribution in [0.5, 0.6) is 11.5 Å². The molecule has 1 aromatic carbocycles. The fourth-order valence-corrected chi connectivity index (χ4v) is 8.66. The van der Waals surface area contributed by atoms with Crippen LogP contribution in [0, 0.1) is 11.3 Å². The lowest BCUT2D eigenvalue weighted by atomic mass is 9.34. The van der Waals surface area contributed by atoms with Crippen molar-refractivity contribution in [3.8, 4) is 11.5 Å². The van der Waals surface area contributed by atoms with Gasteiger partial charge in [-0.1, -0.05) is 6.07 Å². The van der Waals surface area contributed by atoms with Gasteiger partial charge in [-0.3, -0.25) is 0 Å². The maximum atomic E-state index is 11.3. The van der Waals surface area contributed by atoms with Crippen LogP contribution in [0.1, 0.15) is 50.7 Å². The van der Waals surface area contributed by atoms with E-state index >= 15 is 0 Å². The van der Waals surface area contributed by atoms with Gasteiger partial charge in [0.1, 0.15) is 11.7 Å². The lowest BCUT2D eigenvalue weighted by Crippen LogP contribution is -2.82. The first kappa shape index (κ1) is 18.5. The van der Waals surface area contributed by atoms with Gasteiger partial charge in [0.05, 0.1) is 12.7 Å². The molecule has 1 saturated heterocycles. The van der Waals surface area contributed by atoms with Crippen molar-refractivity contribution in [2.75, 3.05) is 27.8 Å². The van der Waals surface area contributed by atoms with E-state index in [0.717, 1.165) is 50.1 Å². The van der Waals surface area contributed by atoms with Crippen molar-refractivity contribution in [2.45, 2.75) is 74.7 Å². The second-order valence-corrected chi connectivity index (χ2v) is 10.8. The predicted octanol–water partition coefficient (Wildman–Crippen LogP) is 2.91. The summed E-state index contributed by atoms with van der Waals surface area (Å²) in [6, 6.07) is 4.82. The van der Waals surface area contributed by atoms with Crippen molar-refractivity contribution in [1.29, 1.82) is 0 Å². The lowest BCUT2D eigenvalue weighted by Gasteiger charge is -2.74. The van der Waals surface area contributed by atoms with Crippen molar-refractivity contribution < 1.29 is 19.3 Å². The summed E-state index contributed by atoms with van der Waals surface area (Å²) in [6.45, 7) is 4.99. The lowest BCUT2D eigenvalue weighted by molar-refractivity contribution is -0.298. The second-order valence-electron chi connectivity index (χ2n) is 10.8. The molecule has 6 atom stereocenters. The monoisotopic (exact) mass is 399 g/mol. The van der Waals surface area contributed by atoms with E-state index in [1.165, 1.54) is 11.1 Å². The Morgan fingerprint density at radius 1 is 1.21 bits per heavy atom. The minimum atomic E-state index is -0.819. The standard InChI is InChI=1S/C24H33NO4/c1-21(2,26)16-13-22-8-9-24(16,28-5)20-23(22)10-11-25(3)17(22)12-14-6-7-15(27-4)19(29-20)18(14)23/h6-7,16-17,20,26H,8-13H2,1-5H3/t16-,17+,20+,22+,23-,24+/m0/s1. The highest BCUT2D eigenvalue weighted by Crippen LogP contribution is 2.77. The zero-order valence-electron chi connectivity index (χ0n) is 18.2. The third kappa shape index (κ3) is 1.78. The van der Waals surface area contributed by atoms with Crippen molar-refractivity contribution in [3.63, 3.8) is 0 Å². The molecule has 6 aliphatic rings. The van der Waals surface area contributed by atoms with Crippen LogP contribution in [-0.4, -0.2) is 61.2 Å². The molecule has 1 aromatic rings. The highest BCUT2D eigenvalue weighted by molar-refractivity contribution is 5.63. The molecule has 0 amide bonds. The van der Waals surface area contributed by atoms with E-state index in [1.54, 1.807) is 7.11 Å². The number of aliphatic hydroxyl groups is 1. The number of methoxy groups -OCH3 is 2. The highest BCUT2D eigenvalue weighted by Gasteiger charge is 2.81. The van der Waals surface area contributed by atoms with Crippen LogP contribution in [0.15, 0.2) is 12.1 Å². The van der Waals surface area contributed by atoms with Crippen LogP contribution in [0.25, 0.3) is 0 Å². The molecule has 7 rings (SSSR count). The molecule has 0 radical (unpaired) electrons. The molecule has 158 valence electrons. The number of likely N-dealkylation sites (tertiary alicyclic amines) is 1. The van der Waals surface area contributed by atoms with Crippen molar-refractivity contribution >= 4 is 0 Å². The first-order valence-electron chi connectivity index (χ1n) is 11.1. The van der Waals surface area contributed by atoms with Gasteiger partial charge in [-0.05, 0) is 71.2 Å². The molecule has 2 spiro atoms. The maximum absolute atomic E-state index is 11.3. The number of benzene rings is 1. The second kappa shape index (κ2) is 5.30. The summed E-state index contributed by atoms with van der Waals surface area (Å²) in [4.78, 5) is 2.58. The SMILES string of the molecule is COc1ccc2c3c1O[C@H]1[C@@]4(OC)CC[C@@]5(C[C@H]4C(C)(C)O)[C@@H](C2)N(C)CC[C@]315. The van der Waals surface area contributed by atoms with Crippen LogP contribution < -0.4 is 9.47 Å². The first-order chi connectivity index (χ1) is 13.7. The molecule has 5 nitrogen and oxygen atoms in total. The molecule has 0 aromatic heterocycles. The van der Waals surface area contributed by atoms with Gasteiger partial charge in [0.15, 0.2) is 11.5 Å². The Morgan fingerprint density at radius 2 is 2.00 bits per heavy atom. The number of hydrogen-bond acceptors (Lipinski definition) is 5. The van der Waals surface area contributed by atoms with Crippen molar-refractivity contribution in [3.05, 3.63) is 23.3 Å². The van der Waals surface area contributed by atoms with Crippen LogP contribution in [0.2, 0.25) is 0 Å². The molecule has 0 unspecified atom stereocenters. The van der Waals surface area contributed by atoms with Crippen molar-refractivity contribution in [1.82, 2.24) is 4.90 Å². The highest BCUT2D eigenvalue weighted by atomic mass is 16.6. The van der Waals surface area contributed by atoms with Gasteiger partial charge in [0, 0.05) is 35.5 Å². The zero-order valence-corrected chi connectivity index (χ0v) is 18.2. The number of rotatable bonds is 3. The molecule has 2 heterocycles. The molecular formula is C24H33NO4. The summed E-state index contributed by atoms with van der Waals surface area (Å²) in [5.74, 6) is 1.83. The quantitative estimate of drug-likeness (QED) is 0.847. The van der Waals surface area contributed by atoms with Gasteiger partial charge in [-0.15, -0.1) is 0 Å². The molecule has 5 heteroatoms. The number of nitrogens with zero attached hydrogens (tertiary/aromatic N) is 1. The van der Waals surface area contributed by atoms with Crippen LogP contribution in [0.3, 0.4) is 0 Å². The number of hydrogen-bond donors (Lipinski definition) is 1. The van der Waals surface area contributed by atoms with E-state index in [4.69, 9.17) is 14.2 Å². The van der Waals surface area contributed by atoms with Gasteiger partial charge in [-0.25, -0.2) is 0 Å². The Morgan fingerprint density at radius 3 is 2.69 bits per heavy atom. The normalized spacial score (nSPS) is 44.4. The maximum Gasteiger partial charge on any atom is 0.165 e. The first-order valence-corrected chi connectivity index (χ1v) is 11.1. The Hall–Kier alpha value is -1.30. The number of ether oxygens (including phenoxy) is 3. The predicted molar refractivity (Wildman–Crippen MR) is 110 cm³/mol. The summed E-state index contributed by atoms with van der Waals surface area (Å²) in [5.41, 5.74) is 1.60. The van der Waals surface area contributed by atoms with Crippen LogP contribution in [-0.2, 0) is 16.6 Å². The average Bonchev–Trinajstić information content (AvgIpc) is 3.06. The van der Waals surface area contributed by atoms with Gasteiger partial charge in [0.2, 0.25) is 0 Å². The van der Waals surface area contributed by atoms with Gasteiger partial charge in [-0.2, -0.15) is 0 Å². The third-order valence-corrected chi connectivity index (χ3v) is 9.68. The number of fused-ring (bicyclic) bond motifs is 2. The number of piperidine rings is 1. The summed E-state index contributed by atoms with van der Waals surface area (Å²) in [7, 11) is 5.85. The Kier molecular flexibility index (Phi) is 3.37. The molecule has 29 heavy (non-hydrogen) atoms. The number of likely N-dealkylation sites (N-methyl/N-ethyl adjacent to an activating group) is 1. The van der Waals surface area contributed by atoms with E-state index in [-0.39, 0.29) is 22.9 Å². The Balaban J connectivity index is 1.68. The molecule has 3 saturated carbocycles. The van der Waals surface area contributed by atoms with E-state index < -0.39 is 11.2 Å². The minimum absolute atomic E-state index is 0.0440. The van der Waals surface area contributed by atoms with Crippen molar-refractivity contribution in [2.24, 2.45) is 11.3 Å². The minimum Gasteiger partial charge on any atom is -0.493 e. The summed E-state index contributed by atoms with van der Waals surface area (Å²) < 4.78 is 19.1. The van der Waals surface area contributed by atoms with E-state index in [9.17, 15) is 5.11 Å².